The lowest BCUT2D eigenvalue weighted by Crippen LogP contribution is -2.47. The smallest absolute Gasteiger partial charge is 0.226 e. The number of hydrogen-bond acceptors (Lipinski definition) is 3. The van der Waals surface area contributed by atoms with Crippen LogP contribution in [0.25, 0.3) is 0 Å². The lowest BCUT2D eigenvalue weighted by atomic mass is 9.65. The average Bonchev–Trinajstić information content (AvgIpc) is 2.51. The fourth-order valence-corrected chi connectivity index (χ4v) is 3.93. The van der Waals surface area contributed by atoms with Gasteiger partial charge >= 0.3 is 0 Å². The molecule has 0 aromatic carbocycles. The zero-order valence-electron chi connectivity index (χ0n) is 12.3. The van der Waals surface area contributed by atoms with E-state index in [1.54, 1.807) is 7.11 Å². The number of rotatable bonds is 2. The second-order valence-corrected chi connectivity index (χ2v) is 6.53. The average molecular weight is 309 g/mol. The van der Waals surface area contributed by atoms with Crippen LogP contribution in [-0.4, -0.2) is 24.5 Å². The molecule has 0 radical (unpaired) electrons. The van der Waals surface area contributed by atoms with Gasteiger partial charge in [0.2, 0.25) is 11.8 Å². The molecule has 1 aromatic heterocycles. The summed E-state index contributed by atoms with van der Waals surface area (Å²) in [7, 11) is 1.63. The summed E-state index contributed by atoms with van der Waals surface area (Å²) in [5, 5.41) is 3.49. The Kier molecular flexibility index (Phi) is 4.07. The minimum absolute atomic E-state index is 0.123. The molecular formula is C16H21ClN2O2. The van der Waals surface area contributed by atoms with E-state index in [9.17, 15) is 4.79 Å². The third kappa shape index (κ3) is 2.73. The molecule has 2 fully saturated rings. The maximum atomic E-state index is 12.2. The van der Waals surface area contributed by atoms with Crippen LogP contribution in [0, 0.1) is 5.41 Å². The van der Waals surface area contributed by atoms with Crippen LogP contribution in [0.5, 0.6) is 5.88 Å². The van der Waals surface area contributed by atoms with E-state index in [4.69, 9.17) is 16.3 Å². The summed E-state index contributed by atoms with van der Waals surface area (Å²) < 4.78 is 5.36. The SMILES string of the molecule is COc1nc(Cl)ccc1C1CCC2(CCCNC2=O)CC1. The normalized spacial score (nSPS) is 29.2. The molecule has 21 heavy (non-hydrogen) atoms. The predicted molar refractivity (Wildman–Crippen MR) is 81.7 cm³/mol. The standard InChI is InChI=1S/C16H21ClN2O2/c1-21-14-12(3-4-13(17)19-14)11-5-8-16(9-6-11)7-2-10-18-15(16)20/h3-4,11H,2,5-10H2,1H3,(H,18,20). The molecule has 1 aliphatic heterocycles. The summed E-state index contributed by atoms with van der Waals surface area (Å²) >= 11 is 5.93. The zero-order chi connectivity index (χ0) is 14.9. The number of carbonyl (C=O) groups is 1. The number of amides is 1. The number of piperidine rings is 1. The minimum atomic E-state index is -0.123. The molecular weight excluding hydrogens is 288 g/mol. The van der Waals surface area contributed by atoms with Crippen LogP contribution in [0.4, 0.5) is 0 Å². The maximum absolute atomic E-state index is 12.2. The van der Waals surface area contributed by atoms with Crippen LogP contribution >= 0.6 is 11.6 Å². The van der Waals surface area contributed by atoms with Gasteiger partial charge in [-0.15, -0.1) is 0 Å². The van der Waals surface area contributed by atoms with Gasteiger partial charge in [0.25, 0.3) is 0 Å². The van der Waals surface area contributed by atoms with Crippen LogP contribution in [0.15, 0.2) is 12.1 Å². The zero-order valence-corrected chi connectivity index (χ0v) is 13.1. The van der Waals surface area contributed by atoms with Gasteiger partial charge in [-0.25, -0.2) is 4.98 Å². The highest BCUT2D eigenvalue weighted by atomic mass is 35.5. The van der Waals surface area contributed by atoms with E-state index in [1.807, 2.05) is 12.1 Å². The van der Waals surface area contributed by atoms with Crippen molar-refractivity contribution in [1.29, 1.82) is 0 Å². The number of halogens is 1. The fourth-order valence-electron chi connectivity index (χ4n) is 3.79. The lowest BCUT2D eigenvalue weighted by Gasteiger charge is -2.41. The van der Waals surface area contributed by atoms with Gasteiger partial charge in [-0.1, -0.05) is 17.7 Å². The fraction of sp³-hybridized carbons (Fsp3) is 0.625. The monoisotopic (exact) mass is 308 g/mol. The summed E-state index contributed by atoms with van der Waals surface area (Å²) in [6.45, 7) is 0.832. The van der Waals surface area contributed by atoms with Gasteiger partial charge in [0.1, 0.15) is 5.15 Å². The molecule has 2 heterocycles. The van der Waals surface area contributed by atoms with Gasteiger partial charge in [0, 0.05) is 17.5 Å². The van der Waals surface area contributed by atoms with Crippen molar-refractivity contribution in [3.8, 4) is 5.88 Å². The number of aromatic nitrogens is 1. The van der Waals surface area contributed by atoms with E-state index in [0.717, 1.165) is 50.6 Å². The lowest BCUT2D eigenvalue weighted by molar-refractivity contribution is -0.135. The van der Waals surface area contributed by atoms with Gasteiger partial charge in [-0.2, -0.15) is 0 Å². The Morgan fingerprint density at radius 1 is 1.33 bits per heavy atom. The summed E-state index contributed by atoms with van der Waals surface area (Å²) in [6.07, 6.45) is 6.05. The molecule has 114 valence electrons. The molecule has 1 aromatic rings. The van der Waals surface area contributed by atoms with E-state index in [0.29, 0.717) is 17.0 Å². The largest absolute Gasteiger partial charge is 0.481 e. The van der Waals surface area contributed by atoms with Gasteiger partial charge < -0.3 is 10.1 Å². The van der Waals surface area contributed by atoms with Gasteiger partial charge in [0.05, 0.1) is 7.11 Å². The molecule has 5 heteroatoms. The van der Waals surface area contributed by atoms with E-state index < -0.39 is 0 Å². The quantitative estimate of drug-likeness (QED) is 0.853. The minimum Gasteiger partial charge on any atom is -0.481 e. The van der Waals surface area contributed by atoms with Crippen molar-refractivity contribution in [3.63, 3.8) is 0 Å². The molecule has 4 nitrogen and oxygen atoms in total. The highest BCUT2D eigenvalue weighted by Crippen LogP contribution is 2.48. The van der Waals surface area contributed by atoms with Crippen molar-refractivity contribution in [2.75, 3.05) is 13.7 Å². The highest BCUT2D eigenvalue weighted by molar-refractivity contribution is 6.29. The molecule has 0 bridgehead atoms. The number of methoxy groups -OCH3 is 1. The second-order valence-electron chi connectivity index (χ2n) is 6.15. The van der Waals surface area contributed by atoms with Crippen molar-refractivity contribution < 1.29 is 9.53 Å². The number of nitrogens with one attached hydrogen (secondary N) is 1. The van der Waals surface area contributed by atoms with Crippen LogP contribution in [0.1, 0.15) is 50.0 Å². The first-order valence-corrected chi connectivity index (χ1v) is 8.01. The first-order chi connectivity index (χ1) is 10.1. The number of nitrogens with zero attached hydrogens (tertiary/aromatic N) is 1. The van der Waals surface area contributed by atoms with Crippen molar-refractivity contribution in [2.24, 2.45) is 5.41 Å². The Hall–Kier alpha value is -1.29. The molecule has 1 N–H and O–H groups in total. The highest BCUT2D eigenvalue weighted by Gasteiger charge is 2.43. The van der Waals surface area contributed by atoms with E-state index in [1.165, 1.54) is 0 Å². The van der Waals surface area contributed by atoms with Gasteiger partial charge in [0.15, 0.2) is 0 Å². The topological polar surface area (TPSA) is 51.2 Å². The summed E-state index contributed by atoms with van der Waals surface area (Å²) in [5.74, 6) is 1.29. The molecule has 1 saturated heterocycles. The van der Waals surface area contributed by atoms with Crippen molar-refractivity contribution >= 4 is 17.5 Å². The Balaban J connectivity index is 1.75. The number of carbonyl (C=O) groups excluding carboxylic acids is 1. The summed E-state index contributed by atoms with van der Waals surface area (Å²) in [5.41, 5.74) is 0.995. The molecule has 0 atom stereocenters. The van der Waals surface area contributed by atoms with Crippen molar-refractivity contribution in [2.45, 2.75) is 44.4 Å². The summed E-state index contributed by atoms with van der Waals surface area (Å²) in [6, 6.07) is 3.83. The van der Waals surface area contributed by atoms with Crippen LogP contribution < -0.4 is 10.1 Å². The Bertz CT molecular complexity index is 539. The van der Waals surface area contributed by atoms with Crippen molar-refractivity contribution in [3.05, 3.63) is 22.8 Å². The van der Waals surface area contributed by atoms with E-state index in [2.05, 4.69) is 10.3 Å². The molecule has 0 unspecified atom stereocenters. The van der Waals surface area contributed by atoms with Crippen LogP contribution in [0.3, 0.4) is 0 Å². The predicted octanol–water partition coefficient (Wildman–Crippen LogP) is 3.30. The molecule has 1 amide bonds. The third-order valence-corrected chi connectivity index (χ3v) is 5.24. The molecule has 1 aliphatic carbocycles. The first-order valence-electron chi connectivity index (χ1n) is 7.63. The van der Waals surface area contributed by atoms with Crippen LogP contribution in [0.2, 0.25) is 5.15 Å². The third-order valence-electron chi connectivity index (χ3n) is 5.03. The maximum Gasteiger partial charge on any atom is 0.226 e. The molecule has 2 aliphatic rings. The van der Waals surface area contributed by atoms with Crippen molar-refractivity contribution in [1.82, 2.24) is 10.3 Å². The number of ether oxygens (including phenoxy) is 1. The van der Waals surface area contributed by atoms with Gasteiger partial charge in [-0.3, -0.25) is 4.79 Å². The Morgan fingerprint density at radius 3 is 2.76 bits per heavy atom. The van der Waals surface area contributed by atoms with Crippen LogP contribution in [-0.2, 0) is 4.79 Å². The van der Waals surface area contributed by atoms with E-state index >= 15 is 0 Å². The molecule has 3 rings (SSSR count). The summed E-state index contributed by atoms with van der Waals surface area (Å²) in [4.78, 5) is 16.5. The Morgan fingerprint density at radius 2 is 2.10 bits per heavy atom. The molecule has 1 spiro atoms. The van der Waals surface area contributed by atoms with Gasteiger partial charge in [-0.05, 0) is 50.5 Å². The van der Waals surface area contributed by atoms with E-state index in [-0.39, 0.29) is 11.3 Å². The number of pyridine rings is 1. The number of hydrogen-bond donors (Lipinski definition) is 1. The first kappa shape index (κ1) is 14.6. The second kappa shape index (κ2) is 5.84. The molecule has 1 saturated carbocycles. The Labute approximate surface area is 130 Å².